The molecule has 122 valence electrons. The molecule has 0 aliphatic heterocycles. The molecule has 1 amide bonds. The highest BCUT2D eigenvalue weighted by Crippen LogP contribution is 2.40. The minimum atomic E-state index is -0.367. The van der Waals surface area contributed by atoms with E-state index < -0.39 is 0 Å². The average molecular weight is 355 g/mol. The third kappa shape index (κ3) is 3.84. The Bertz CT molecular complexity index is 712. The molecule has 0 radical (unpaired) electrons. The van der Waals surface area contributed by atoms with E-state index in [0.717, 1.165) is 18.7 Å². The average Bonchev–Trinajstić information content (AvgIpc) is 3.26. The van der Waals surface area contributed by atoms with E-state index in [9.17, 15) is 9.18 Å². The van der Waals surface area contributed by atoms with Crippen molar-refractivity contribution in [2.45, 2.75) is 42.6 Å². The van der Waals surface area contributed by atoms with Gasteiger partial charge in [0.25, 0.3) is 0 Å². The van der Waals surface area contributed by atoms with Crippen molar-refractivity contribution in [3.8, 4) is 0 Å². The number of hydrogen-bond acceptors (Lipinski definition) is 4. The van der Waals surface area contributed by atoms with E-state index in [1.165, 1.54) is 17.8 Å². The van der Waals surface area contributed by atoms with Crippen LogP contribution in [0.25, 0.3) is 0 Å². The highest BCUT2D eigenvalue weighted by Gasteiger charge is 2.30. The van der Waals surface area contributed by atoms with E-state index in [1.807, 2.05) is 4.57 Å². The second-order valence-electron chi connectivity index (χ2n) is 5.47. The SMILES string of the molecule is NC(=O)CCn1c(SCc2c(F)cccc2Cl)nnc1C1CC1. The van der Waals surface area contributed by atoms with Crippen LogP contribution in [0, 0.1) is 5.82 Å². The molecule has 1 fully saturated rings. The molecular formula is C15H16ClFN4OS. The summed E-state index contributed by atoms with van der Waals surface area (Å²) in [5.41, 5.74) is 5.68. The maximum atomic E-state index is 13.8. The van der Waals surface area contributed by atoms with E-state index in [2.05, 4.69) is 10.2 Å². The molecule has 1 aliphatic rings. The highest BCUT2D eigenvalue weighted by molar-refractivity contribution is 7.98. The summed E-state index contributed by atoms with van der Waals surface area (Å²) in [6, 6.07) is 4.62. The van der Waals surface area contributed by atoms with Gasteiger partial charge in [0.15, 0.2) is 5.16 Å². The van der Waals surface area contributed by atoms with Gasteiger partial charge < -0.3 is 10.3 Å². The van der Waals surface area contributed by atoms with Crippen LogP contribution in [0.3, 0.4) is 0 Å². The minimum absolute atomic E-state index is 0.228. The summed E-state index contributed by atoms with van der Waals surface area (Å²) in [7, 11) is 0. The molecule has 1 aromatic heterocycles. The van der Waals surface area contributed by atoms with Crippen LogP contribution >= 0.6 is 23.4 Å². The second-order valence-corrected chi connectivity index (χ2v) is 6.82. The summed E-state index contributed by atoms with van der Waals surface area (Å²) in [5.74, 6) is 0.935. The van der Waals surface area contributed by atoms with Crippen LogP contribution in [0.15, 0.2) is 23.4 Å². The molecule has 0 bridgehead atoms. The first-order valence-corrected chi connectivity index (χ1v) is 8.69. The lowest BCUT2D eigenvalue weighted by Gasteiger charge is -2.09. The summed E-state index contributed by atoms with van der Waals surface area (Å²) in [5, 5.41) is 9.47. The fraction of sp³-hybridized carbons (Fsp3) is 0.400. The molecule has 0 saturated heterocycles. The molecule has 23 heavy (non-hydrogen) atoms. The Balaban J connectivity index is 1.78. The first-order chi connectivity index (χ1) is 11.1. The summed E-state index contributed by atoms with van der Waals surface area (Å²) >= 11 is 7.41. The van der Waals surface area contributed by atoms with E-state index in [-0.39, 0.29) is 18.1 Å². The van der Waals surface area contributed by atoms with E-state index in [1.54, 1.807) is 12.1 Å². The van der Waals surface area contributed by atoms with Gasteiger partial charge in [0.1, 0.15) is 11.6 Å². The number of nitrogens with two attached hydrogens (primary N) is 1. The van der Waals surface area contributed by atoms with Crippen molar-refractivity contribution < 1.29 is 9.18 Å². The van der Waals surface area contributed by atoms with Crippen LogP contribution in [0.1, 0.15) is 36.6 Å². The molecule has 1 aromatic carbocycles. The number of carbonyl (C=O) groups excluding carboxylic acids is 1. The Morgan fingerprint density at radius 1 is 1.43 bits per heavy atom. The number of primary amides is 1. The van der Waals surface area contributed by atoms with Crippen molar-refractivity contribution >= 4 is 29.3 Å². The zero-order chi connectivity index (χ0) is 16.4. The maximum absolute atomic E-state index is 13.8. The Hall–Kier alpha value is -1.60. The fourth-order valence-corrected chi connectivity index (χ4v) is 3.60. The first-order valence-electron chi connectivity index (χ1n) is 7.33. The number of hydrogen-bond donors (Lipinski definition) is 1. The second kappa shape index (κ2) is 6.88. The summed E-state index contributed by atoms with van der Waals surface area (Å²) < 4.78 is 15.8. The van der Waals surface area contributed by atoms with Crippen molar-refractivity contribution in [1.82, 2.24) is 14.8 Å². The fourth-order valence-electron chi connectivity index (χ4n) is 2.29. The molecule has 3 rings (SSSR count). The lowest BCUT2D eigenvalue weighted by atomic mass is 10.2. The number of amides is 1. The number of thioether (sulfide) groups is 1. The molecule has 1 aliphatic carbocycles. The van der Waals surface area contributed by atoms with Crippen molar-refractivity contribution in [3.05, 3.63) is 40.4 Å². The topological polar surface area (TPSA) is 73.8 Å². The van der Waals surface area contributed by atoms with Gasteiger partial charge in [-0.3, -0.25) is 4.79 Å². The van der Waals surface area contributed by atoms with Crippen LogP contribution in [0.5, 0.6) is 0 Å². The van der Waals surface area contributed by atoms with Gasteiger partial charge in [0.05, 0.1) is 0 Å². The van der Waals surface area contributed by atoms with Crippen LogP contribution in [0.4, 0.5) is 4.39 Å². The Labute approximate surface area is 142 Å². The van der Waals surface area contributed by atoms with Crippen LogP contribution in [-0.4, -0.2) is 20.7 Å². The van der Waals surface area contributed by atoms with Gasteiger partial charge in [0, 0.05) is 35.2 Å². The number of carbonyl (C=O) groups is 1. The quantitative estimate of drug-likeness (QED) is 0.775. The number of rotatable bonds is 7. The van der Waals surface area contributed by atoms with Crippen LogP contribution < -0.4 is 5.73 Å². The number of benzene rings is 1. The third-order valence-corrected chi connectivity index (χ3v) is 5.02. The van der Waals surface area contributed by atoms with Crippen molar-refractivity contribution in [1.29, 1.82) is 0 Å². The number of nitrogens with zero attached hydrogens (tertiary/aromatic N) is 3. The molecule has 0 spiro atoms. The number of aromatic nitrogens is 3. The van der Waals surface area contributed by atoms with Gasteiger partial charge in [-0.15, -0.1) is 10.2 Å². The van der Waals surface area contributed by atoms with E-state index >= 15 is 0 Å². The van der Waals surface area contributed by atoms with Gasteiger partial charge in [-0.05, 0) is 25.0 Å². The Morgan fingerprint density at radius 2 is 2.22 bits per heavy atom. The molecule has 8 heteroatoms. The Kier molecular flexibility index (Phi) is 4.87. The minimum Gasteiger partial charge on any atom is -0.370 e. The predicted molar refractivity (Wildman–Crippen MR) is 86.8 cm³/mol. The summed E-state index contributed by atoms with van der Waals surface area (Å²) in [6.45, 7) is 0.446. The third-order valence-electron chi connectivity index (χ3n) is 3.68. The molecule has 2 N–H and O–H groups in total. The van der Waals surface area contributed by atoms with Crippen molar-refractivity contribution in [2.24, 2.45) is 5.73 Å². The molecular weight excluding hydrogens is 339 g/mol. The van der Waals surface area contributed by atoms with Gasteiger partial charge in [-0.1, -0.05) is 29.4 Å². The molecule has 5 nitrogen and oxygen atoms in total. The molecule has 0 unspecified atom stereocenters. The van der Waals surface area contributed by atoms with Crippen molar-refractivity contribution in [2.75, 3.05) is 0 Å². The molecule has 0 atom stereocenters. The van der Waals surface area contributed by atoms with Crippen LogP contribution in [0.2, 0.25) is 5.02 Å². The molecule has 1 heterocycles. The van der Waals surface area contributed by atoms with Crippen molar-refractivity contribution in [3.63, 3.8) is 0 Å². The van der Waals surface area contributed by atoms with E-state index in [0.29, 0.717) is 34.0 Å². The first kappa shape index (κ1) is 16.3. The smallest absolute Gasteiger partial charge is 0.219 e. The monoisotopic (exact) mass is 354 g/mol. The van der Waals surface area contributed by atoms with E-state index in [4.69, 9.17) is 17.3 Å². The highest BCUT2D eigenvalue weighted by atomic mass is 35.5. The predicted octanol–water partition coefficient (Wildman–Crippen LogP) is 3.12. The van der Waals surface area contributed by atoms with Gasteiger partial charge in [-0.2, -0.15) is 0 Å². The van der Waals surface area contributed by atoms with Gasteiger partial charge >= 0.3 is 0 Å². The van der Waals surface area contributed by atoms with Crippen LogP contribution in [-0.2, 0) is 17.1 Å². The number of halogens is 2. The lowest BCUT2D eigenvalue weighted by molar-refractivity contribution is -0.118. The largest absolute Gasteiger partial charge is 0.370 e. The molecule has 1 saturated carbocycles. The lowest BCUT2D eigenvalue weighted by Crippen LogP contribution is -2.15. The zero-order valence-corrected chi connectivity index (χ0v) is 13.9. The standard InChI is InChI=1S/C15H16ClFN4OS/c16-11-2-1-3-12(17)10(11)8-23-15-20-19-14(9-4-5-9)21(15)7-6-13(18)22/h1-3,9H,4-8H2,(H2,18,22). The Morgan fingerprint density at radius 3 is 2.87 bits per heavy atom. The summed E-state index contributed by atoms with van der Waals surface area (Å²) in [6.07, 6.45) is 2.39. The maximum Gasteiger partial charge on any atom is 0.219 e. The van der Waals surface area contributed by atoms with Gasteiger partial charge in [0.2, 0.25) is 5.91 Å². The molecule has 2 aromatic rings. The normalized spacial score (nSPS) is 14.2. The summed E-state index contributed by atoms with van der Waals surface area (Å²) in [4.78, 5) is 11.1. The van der Waals surface area contributed by atoms with Gasteiger partial charge in [-0.25, -0.2) is 4.39 Å². The zero-order valence-electron chi connectivity index (χ0n) is 12.3.